The number of benzene rings is 4. The van der Waals surface area contributed by atoms with Crippen LogP contribution in [-0.4, -0.2) is 104 Å². The van der Waals surface area contributed by atoms with Gasteiger partial charge in [-0.15, -0.1) is 0 Å². The van der Waals surface area contributed by atoms with Gasteiger partial charge in [-0.2, -0.15) is 0 Å². The predicted molar refractivity (Wildman–Crippen MR) is 323 cm³/mol. The van der Waals surface area contributed by atoms with Gasteiger partial charge >= 0.3 is 6.09 Å². The van der Waals surface area contributed by atoms with Crippen LogP contribution in [-0.2, 0) is 70.9 Å². The number of aldehydes is 1. The van der Waals surface area contributed by atoms with Crippen molar-refractivity contribution in [2.75, 3.05) is 46.2 Å². The molecule has 84 heavy (non-hydrogen) atoms. The van der Waals surface area contributed by atoms with Gasteiger partial charge in [0, 0.05) is 49.3 Å². The van der Waals surface area contributed by atoms with Crippen LogP contribution in [0, 0.1) is 18.7 Å². The van der Waals surface area contributed by atoms with Crippen molar-refractivity contribution in [1.29, 1.82) is 0 Å². The SMILES string of the molecule is CC(C)C(N)C=O.CCC(C)c1cc2n(c(=O)c1COC=O)Cc1c-2nc2cc(F)c(C)c3c2c1C(OCc1ccc(NC(=O)CNC)cc1CN(C)C(=O)OCC1c2ccccc2-c2ccccc21)CC3.CCCN.CO.NC=O.NC=O. The van der Waals surface area contributed by atoms with Crippen molar-refractivity contribution in [3.05, 3.63) is 151 Å². The smallest absolute Gasteiger partial charge is 0.409 e. The molecule has 0 bridgehead atoms. The zero-order valence-corrected chi connectivity index (χ0v) is 49.5. The maximum Gasteiger partial charge on any atom is 0.409 e. The van der Waals surface area contributed by atoms with Crippen LogP contribution < -0.4 is 39.1 Å². The van der Waals surface area contributed by atoms with Crippen molar-refractivity contribution in [2.24, 2.45) is 28.9 Å². The van der Waals surface area contributed by atoms with E-state index in [-0.39, 0.29) is 93.4 Å². The monoisotopic (exact) mass is 1160 g/mol. The number of hydrogen-bond acceptors (Lipinski definition) is 15. The Hall–Kier alpha value is -8.21. The third kappa shape index (κ3) is 16.5. The number of aryl methyl sites for hydroxylation is 1. The molecule has 4 amide bonds. The second-order valence-corrected chi connectivity index (χ2v) is 20.4. The number of halogens is 1. The van der Waals surface area contributed by atoms with E-state index in [2.05, 4.69) is 53.3 Å². The van der Waals surface area contributed by atoms with Crippen LogP contribution in [0.3, 0.4) is 0 Å². The van der Waals surface area contributed by atoms with E-state index in [1.54, 1.807) is 25.6 Å². The number of ether oxygens (including phenoxy) is 3. The molecule has 452 valence electrons. The number of nitrogens with one attached hydrogen (secondary N) is 2. The molecule has 21 heteroatoms. The Morgan fingerprint density at radius 2 is 1.54 bits per heavy atom. The molecular formula is C63H82FN9O11. The lowest BCUT2D eigenvalue weighted by Gasteiger charge is -2.29. The largest absolute Gasteiger partial charge is 0.463 e. The van der Waals surface area contributed by atoms with E-state index >= 15 is 4.39 Å². The third-order valence-corrected chi connectivity index (χ3v) is 14.7. The van der Waals surface area contributed by atoms with Crippen molar-refractivity contribution >= 4 is 54.2 Å². The lowest BCUT2D eigenvalue weighted by atomic mass is 9.83. The molecule has 3 heterocycles. The zero-order valence-electron chi connectivity index (χ0n) is 49.5. The van der Waals surface area contributed by atoms with Crippen molar-refractivity contribution in [1.82, 2.24) is 19.8 Å². The molecule has 2 aliphatic carbocycles. The fourth-order valence-corrected chi connectivity index (χ4v) is 10.1. The number of nitrogens with two attached hydrogens (primary N) is 4. The summed E-state index contributed by atoms with van der Waals surface area (Å²) in [6.45, 7) is 13.6. The van der Waals surface area contributed by atoms with Crippen LogP contribution in [0.25, 0.3) is 33.4 Å². The van der Waals surface area contributed by atoms with Gasteiger partial charge in [0.05, 0.1) is 54.3 Å². The molecule has 0 saturated heterocycles. The van der Waals surface area contributed by atoms with Gasteiger partial charge in [-0.1, -0.05) is 89.2 Å². The zero-order chi connectivity index (χ0) is 62.2. The predicted octanol–water partition coefficient (Wildman–Crippen LogP) is 7.14. The first-order valence-electron chi connectivity index (χ1n) is 27.8. The summed E-state index contributed by atoms with van der Waals surface area (Å²) >= 11 is 0. The number of aliphatic hydroxyl groups excluding tert-OH is 1. The van der Waals surface area contributed by atoms with Gasteiger partial charge in [-0.05, 0) is 132 Å². The molecule has 11 N–H and O–H groups in total. The molecule has 0 fully saturated rings. The number of hydrogen-bond donors (Lipinski definition) is 7. The summed E-state index contributed by atoms with van der Waals surface area (Å²) in [7, 11) is 4.39. The van der Waals surface area contributed by atoms with E-state index in [1.807, 2.05) is 76.2 Å². The fourth-order valence-electron chi connectivity index (χ4n) is 10.1. The minimum Gasteiger partial charge on any atom is -0.463 e. The third-order valence-electron chi connectivity index (χ3n) is 14.7. The number of rotatable bonds is 18. The quantitative estimate of drug-likeness (QED) is 0.0420. The maximum absolute atomic E-state index is 15.6. The van der Waals surface area contributed by atoms with Crippen LogP contribution in [0.4, 0.5) is 14.9 Å². The van der Waals surface area contributed by atoms with Crippen molar-refractivity contribution in [3.8, 4) is 22.5 Å². The Morgan fingerprint density at radius 3 is 2.08 bits per heavy atom. The summed E-state index contributed by atoms with van der Waals surface area (Å²) < 4.78 is 35.3. The molecular weight excluding hydrogens is 1080 g/mol. The summed E-state index contributed by atoms with van der Waals surface area (Å²) in [6, 6.07) is 25.1. The van der Waals surface area contributed by atoms with Gasteiger partial charge in [0.2, 0.25) is 18.7 Å². The molecule has 1 aliphatic heterocycles. The van der Waals surface area contributed by atoms with E-state index in [1.165, 1.54) is 11.0 Å². The highest BCUT2D eigenvalue weighted by molar-refractivity contribution is 5.93. The van der Waals surface area contributed by atoms with Gasteiger partial charge in [0.25, 0.3) is 12.0 Å². The molecule has 3 aliphatic rings. The first kappa shape index (κ1) is 68.3. The lowest BCUT2D eigenvalue weighted by Crippen LogP contribution is -2.29. The number of aromatic nitrogens is 2. The van der Waals surface area contributed by atoms with Crippen LogP contribution >= 0.6 is 0 Å². The number of carbonyl (C=O) groups excluding carboxylic acids is 6. The molecule has 3 unspecified atom stereocenters. The molecule has 2 aromatic heterocycles. The first-order chi connectivity index (χ1) is 40.4. The number of nitrogens with zero attached hydrogens (tertiary/aromatic N) is 3. The minimum absolute atomic E-state index is 0.00454. The Morgan fingerprint density at radius 1 is 0.917 bits per heavy atom. The molecule has 3 atom stereocenters. The van der Waals surface area contributed by atoms with Gasteiger partial charge in [-0.3, -0.25) is 24.0 Å². The van der Waals surface area contributed by atoms with Gasteiger partial charge < -0.3 is 67.1 Å². The number of likely N-dealkylation sites (N-methyl/N-ethyl adjacent to an activating group) is 1. The van der Waals surface area contributed by atoms with E-state index < -0.39 is 12.2 Å². The molecule has 0 spiro atoms. The number of anilines is 1. The van der Waals surface area contributed by atoms with Crippen LogP contribution in [0.15, 0.2) is 83.7 Å². The van der Waals surface area contributed by atoms with Gasteiger partial charge in [0.15, 0.2) is 0 Å². The number of carbonyl (C=O) groups is 6. The Kier molecular flexibility index (Phi) is 27.5. The average Bonchev–Trinajstić information content (AvgIpc) is 1.59. The second-order valence-electron chi connectivity index (χ2n) is 20.4. The highest BCUT2D eigenvalue weighted by Crippen LogP contribution is 2.47. The maximum atomic E-state index is 15.6. The van der Waals surface area contributed by atoms with Crippen LogP contribution in [0.2, 0.25) is 0 Å². The Balaban J connectivity index is 0.000000699. The molecule has 0 radical (unpaired) electrons. The Bertz CT molecular complexity index is 3230. The summed E-state index contributed by atoms with van der Waals surface area (Å²) in [5.74, 6) is -0.365. The molecule has 20 nitrogen and oxygen atoms in total. The number of fused-ring (bicyclic) bond motifs is 7. The lowest BCUT2D eigenvalue weighted by molar-refractivity contribution is -0.130. The summed E-state index contributed by atoms with van der Waals surface area (Å²) in [4.78, 5) is 85.5. The topological polar surface area (TPSA) is 317 Å². The standard InChI is InChI=1S/C52H52FN5O7.C5H11NO.C3H9N.2CH3NO.CH4O/c1-6-29(2)39-20-45-50-40(24-58(45)51(61)42(39)26-63-28-59)49-46(18-17-34-30(3)43(53)21-44(56-50)48(34)49)64-25-31-15-16-33(55-47(60)22-54-4)19-32(31)23-57(5)52(62)65-27-41-37-13-9-7-11-35(37)36-12-8-10-14-38(36)41;1-4(2)5(6)3-7;1-2-3-4;2*2-1-3;1-2/h7-16,19-21,28-29,41,46,54H,6,17-18,22-27H2,1-5H3,(H,55,60);3-5H,6H2,1-2H3;2-4H2,1H3;2*1H,(H2,2,3);2H,1H3. The normalized spacial score (nSPS) is 13.4. The second kappa shape index (κ2) is 33.8. The Labute approximate surface area is 490 Å². The van der Waals surface area contributed by atoms with Crippen molar-refractivity contribution < 1.29 is 52.5 Å². The van der Waals surface area contributed by atoms with E-state index in [9.17, 15) is 24.0 Å². The first-order valence-corrected chi connectivity index (χ1v) is 27.8. The molecule has 9 rings (SSSR count). The highest BCUT2D eigenvalue weighted by Gasteiger charge is 2.36. The van der Waals surface area contributed by atoms with Gasteiger partial charge in [0.1, 0.15) is 25.3 Å². The summed E-state index contributed by atoms with van der Waals surface area (Å²) in [5.41, 5.74) is 31.1. The number of primary amides is 2. The van der Waals surface area contributed by atoms with Crippen molar-refractivity contribution in [3.63, 3.8) is 0 Å². The summed E-state index contributed by atoms with van der Waals surface area (Å²) in [6.07, 6.45) is 3.30. The highest BCUT2D eigenvalue weighted by atomic mass is 19.1. The van der Waals surface area contributed by atoms with E-state index in [0.29, 0.717) is 53.0 Å². The van der Waals surface area contributed by atoms with Crippen LogP contribution in [0.5, 0.6) is 0 Å². The number of pyridine rings is 2. The van der Waals surface area contributed by atoms with E-state index in [0.717, 1.165) is 93.8 Å². The molecule has 0 saturated carbocycles. The minimum atomic E-state index is -0.489. The summed E-state index contributed by atoms with van der Waals surface area (Å²) in [5, 5.41) is 13.6. The van der Waals surface area contributed by atoms with Crippen LogP contribution in [0.1, 0.15) is 127 Å². The van der Waals surface area contributed by atoms with Crippen molar-refractivity contribution in [2.45, 2.75) is 118 Å². The van der Waals surface area contributed by atoms with Gasteiger partial charge in [-0.25, -0.2) is 14.2 Å². The average molecular weight is 1160 g/mol. The number of aliphatic hydroxyl groups is 1. The van der Waals surface area contributed by atoms with E-state index in [4.69, 9.17) is 45.4 Å². The molecule has 6 aromatic rings. The molecule has 4 aromatic carbocycles. The fraction of sp³-hybridized carbons (Fsp3) is 0.397. The number of amides is 4.